The summed E-state index contributed by atoms with van der Waals surface area (Å²) in [5.74, 6) is 0.480. The molecule has 0 amide bonds. The lowest BCUT2D eigenvalue weighted by Gasteiger charge is -2.22. The van der Waals surface area contributed by atoms with E-state index in [1.54, 1.807) is 0 Å². The predicted octanol–water partition coefficient (Wildman–Crippen LogP) is 1.94. The quantitative estimate of drug-likeness (QED) is 0.749. The maximum absolute atomic E-state index is 12.0. The molecule has 1 aliphatic carbocycles. The van der Waals surface area contributed by atoms with Gasteiger partial charge in [-0.25, -0.2) is 0 Å². The maximum Gasteiger partial charge on any atom is 0.415 e. The molecule has 1 aliphatic rings. The van der Waals surface area contributed by atoms with Gasteiger partial charge in [-0.2, -0.15) is 13.2 Å². The van der Waals surface area contributed by atoms with Crippen molar-refractivity contribution in [3.8, 4) is 0 Å². The Morgan fingerprint density at radius 1 is 1.33 bits per heavy atom. The lowest BCUT2D eigenvalue weighted by Crippen LogP contribution is -2.40. The van der Waals surface area contributed by atoms with Gasteiger partial charge in [-0.1, -0.05) is 13.8 Å². The van der Waals surface area contributed by atoms with Crippen LogP contribution in [-0.2, 0) is 0 Å². The number of halogens is 3. The Hall–Kier alpha value is -0.290. The number of hydrogen-bond donors (Lipinski definition) is 2. The first-order valence-electron chi connectivity index (χ1n) is 5.23. The molecular formula is C10H18F3NO. The van der Waals surface area contributed by atoms with Gasteiger partial charge in [0.2, 0.25) is 0 Å². The van der Waals surface area contributed by atoms with Gasteiger partial charge in [0.25, 0.3) is 0 Å². The summed E-state index contributed by atoms with van der Waals surface area (Å²) < 4.78 is 35.9. The molecule has 0 aromatic carbocycles. The van der Waals surface area contributed by atoms with E-state index in [9.17, 15) is 13.2 Å². The van der Waals surface area contributed by atoms with E-state index in [1.165, 1.54) is 0 Å². The fraction of sp³-hybridized carbons (Fsp3) is 1.00. The van der Waals surface area contributed by atoms with Crippen molar-refractivity contribution in [2.75, 3.05) is 13.1 Å². The van der Waals surface area contributed by atoms with Gasteiger partial charge >= 0.3 is 6.18 Å². The molecule has 0 heterocycles. The van der Waals surface area contributed by atoms with Gasteiger partial charge in [-0.05, 0) is 24.2 Å². The lowest BCUT2D eigenvalue weighted by molar-refractivity contribution is -0.201. The Kier molecular flexibility index (Phi) is 3.66. The molecule has 2 N–H and O–H groups in total. The van der Waals surface area contributed by atoms with E-state index >= 15 is 0 Å². The van der Waals surface area contributed by atoms with Crippen LogP contribution >= 0.6 is 0 Å². The first kappa shape index (κ1) is 12.8. The zero-order valence-corrected chi connectivity index (χ0v) is 9.06. The summed E-state index contributed by atoms with van der Waals surface area (Å²) in [7, 11) is 0. The highest BCUT2D eigenvalue weighted by atomic mass is 19.4. The molecule has 1 unspecified atom stereocenters. The number of aliphatic hydroxyl groups is 1. The van der Waals surface area contributed by atoms with E-state index in [-0.39, 0.29) is 5.41 Å². The molecule has 0 spiro atoms. The van der Waals surface area contributed by atoms with Crippen LogP contribution in [0, 0.1) is 11.3 Å². The monoisotopic (exact) mass is 225 g/mol. The van der Waals surface area contributed by atoms with Crippen LogP contribution in [0.15, 0.2) is 0 Å². The second-order valence-electron chi connectivity index (χ2n) is 4.71. The van der Waals surface area contributed by atoms with Crippen LogP contribution in [0.2, 0.25) is 0 Å². The van der Waals surface area contributed by atoms with Crippen LogP contribution in [0.4, 0.5) is 13.2 Å². The summed E-state index contributed by atoms with van der Waals surface area (Å²) in [4.78, 5) is 0. The van der Waals surface area contributed by atoms with Crippen molar-refractivity contribution in [3.63, 3.8) is 0 Å². The molecular weight excluding hydrogens is 207 g/mol. The van der Waals surface area contributed by atoms with Gasteiger partial charge in [0.15, 0.2) is 6.10 Å². The van der Waals surface area contributed by atoms with Crippen LogP contribution in [0.5, 0.6) is 0 Å². The second-order valence-corrected chi connectivity index (χ2v) is 4.71. The van der Waals surface area contributed by atoms with E-state index in [0.717, 1.165) is 12.8 Å². The summed E-state index contributed by atoms with van der Waals surface area (Å²) in [6, 6.07) is 0. The van der Waals surface area contributed by atoms with E-state index in [4.69, 9.17) is 5.11 Å². The van der Waals surface area contributed by atoms with Gasteiger partial charge in [0.1, 0.15) is 0 Å². The first-order chi connectivity index (χ1) is 6.78. The first-order valence-corrected chi connectivity index (χ1v) is 5.23. The smallest absolute Gasteiger partial charge is 0.382 e. The summed E-state index contributed by atoms with van der Waals surface area (Å²) in [5.41, 5.74) is 0.172. The Bertz CT molecular complexity index is 211. The molecule has 5 heteroatoms. The summed E-state index contributed by atoms with van der Waals surface area (Å²) >= 11 is 0. The number of aliphatic hydroxyl groups excluding tert-OH is 1. The topological polar surface area (TPSA) is 32.3 Å². The molecule has 2 nitrogen and oxygen atoms in total. The fourth-order valence-corrected chi connectivity index (χ4v) is 1.69. The van der Waals surface area contributed by atoms with Crippen LogP contribution in [0.25, 0.3) is 0 Å². The van der Waals surface area contributed by atoms with Crippen LogP contribution in [0.1, 0.15) is 26.7 Å². The highest BCUT2D eigenvalue weighted by molar-refractivity contribution is 4.97. The standard InChI is InChI=1S/C10H18F3NO/c1-7(2)9(3-4-9)6-14-5-8(15)10(11,12)13/h7-8,14-15H,3-6H2,1-2H3. The van der Waals surface area contributed by atoms with Gasteiger partial charge in [0.05, 0.1) is 0 Å². The number of rotatable bonds is 5. The van der Waals surface area contributed by atoms with Crippen molar-refractivity contribution in [1.82, 2.24) is 5.32 Å². The third-order valence-electron chi connectivity index (χ3n) is 3.31. The number of hydrogen-bond acceptors (Lipinski definition) is 2. The SMILES string of the molecule is CC(C)C1(CNCC(O)C(F)(F)F)CC1. The average Bonchev–Trinajstić information content (AvgIpc) is 2.83. The molecule has 0 bridgehead atoms. The minimum atomic E-state index is -4.51. The van der Waals surface area contributed by atoms with Crippen LogP contribution in [0.3, 0.4) is 0 Å². The third kappa shape index (κ3) is 3.34. The zero-order valence-electron chi connectivity index (χ0n) is 9.06. The van der Waals surface area contributed by atoms with E-state index in [2.05, 4.69) is 19.2 Å². The van der Waals surface area contributed by atoms with E-state index < -0.39 is 18.8 Å². The minimum absolute atomic E-state index is 0.172. The zero-order chi connectivity index (χ0) is 11.7. The summed E-state index contributed by atoms with van der Waals surface area (Å²) in [6.07, 6.45) is -4.62. The fourth-order valence-electron chi connectivity index (χ4n) is 1.69. The lowest BCUT2D eigenvalue weighted by atomic mass is 9.92. The van der Waals surface area contributed by atoms with Crippen molar-refractivity contribution in [2.45, 2.75) is 39.0 Å². The Labute approximate surface area is 87.9 Å². The van der Waals surface area contributed by atoms with E-state index in [1.807, 2.05) is 0 Å². The molecule has 0 aromatic rings. The van der Waals surface area contributed by atoms with Gasteiger partial charge in [-0.15, -0.1) is 0 Å². The second kappa shape index (κ2) is 4.29. The molecule has 0 aliphatic heterocycles. The molecule has 1 rings (SSSR count). The van der Waals surface area contributed by atoms with Crippen molar-refractivity contribution < 1.29 is 18.3 Å². The molecule has 1 saturated carbocycles. The van der Waals surface area contributed by atoms with Crippen molar-refractivity contribution in [1.29, 1.82) is 0 Å². The highest BCUT2D eigenvalue weighted by Crippen LogP contribution is 2.51. The molecule has 1 fully saturated rings. The molecule has 90 valence electrons. The third-order valence-corrected chi connectivity index (χ3v) is 3.31. The molecule has 1 atom stereocenters. The normalized spacial score (nSPS) is 21.8. The van der Waals surface area contributed by atoms with Crippen LogP contribution in [-0.4, -0.2) is 30.5 Å². The Balaban J connectivity index is 2.22. The molecule has 15 heavy (non-hydrogen) atoms. The van der Waals surface area contributed by atoms with Crippen LogP contribution < -0.4 is 5.32 Å². The van der Waals surface area contributed by atoms with Gasteiger partial charge in [-0.3, -0.25) is 0 Å². The Morgan fingerprint density at radius 3 is 2.20 bits per heavy atom. The molecule has 0 saturated heterocycles. The summed E-state index contributed by atoms with van der Waals surface area (Å²) in [5, 5.41) is 11.5. The molecule has 0 radical (unpaired) electrons. The number of alkyl halides is 3. The van der Waals surface area contributed by atoms with Crippen molar-refractivity contribution in [2.24, 2.45) is 11.3 Å². The molecule has 0 aromatic heterocycles. The summed E-state index contributed by atoms with van der Waals surface area (Å²) in [6.45, 7) is 4.32. The van der Waals surface area contributed by atoms with E-state index in [0.29, 0.717) is 12.5 Å². The minimum Gasteiger partial charge on any atom is -0.382 e. The van der Waals surface area contributed by atoms with Crippen molar-refractivity contribution >= 4 is 0 Å². The van der Waals surface area contributed by atoms with Crippen molar-refractivity contribution in [3.05, 3.63) is 0 Å². The highest BCUT2D eigenvalue weighted by Gasteiger charge is 2.45. The Morgan fingerprint density at radius 2 is 1.87 bits per heavy atom. The average molecular weight is 225 g/mol. The largest absolute Gasteiger partial charge is 0.415 e. The number of nitrogens with one attached hydrogen (secondary N) is 1. The maximum atomic E-state index is 12.0. The predicted molar refractivity (Wildman–Crippen MR) is 51.4 cm³/mol. The van der Waals surface area contributed by atoms with Gasteiger partial charge < -0.3 is 10.4 Å². The van der Waals surface area contributed by atoms with Gasteiger partial charge in [0, 0.05) is 13.1 Å².